The molecule has 5 nitrogen and oxygen atoms in total. The monoisotopic (exact) mass is 410 g/mol. The van der Waals surface area contributed by atoms with Crippen LogP contribution >= 0.6 is 0 Å². The summed E-state index contributed by atoms with van der Waals surface area (Å²) in [5.41, 5.74) is 0.550. The van der Waals surface area contributed by atoms with Gasteiger partial charge in [-0.2, -0.15) is 5.10 Å². The molecule has 0 aliphatic heterocycles. The second kappa shape index (κ2) is 6.89. The maximum atomic E-state index is 13.8. The van der Waals surface area contributed by atoms with Gasteiger partial charge < -0.3 is 5.32 Å². The maximum Gasteiger partial charge on any atom is 0.226 e. The zero-order valence-corrected chi connectivity index (χ0v) is 18.1. The fourth-order valence-electron chi connectivity index (χ4n) is 6.92. The average Bonchev–Trinajstić information content (AvgIpc) is 3.13. The quantitative estimate of drug-likeness (QED) is 0.788. The molecule has 4 fully saturated rings. The minimum absolute atomic E-state index is 0.0775. The van der Waals surface area contributed by atoms with Crippen molar-refractivity contribution in [3.8, 4) is 0 Å². The number of hydrogen-bond acceptors (Lipinski definition) is 3. The van der Waals surface area contributed by atoms with Crippen molar-refractivity contribution in [2.75, 3.05) is 0 Å². The number of aryl methyl sites for hydroxylation is 1. The Hall–Kier alpha value is -2.24. The molecular formula is C24H31FN4O. The van der Waals surface area contributed by atoms with Crippen molar-refractivity contribution >= 4 is 5.91 Å². The van der Waals surface area contributed by atoms with E-state index in [4.69, 9.17) is 0 Å². The zero-order valence-electron chi connectivity index (χ0n) is 18.1. The number of carbonyl (C=O) groups is 1. The van der Waals surface area contributed by atoms with Gasteiger partial charge in [-0.05, 0) is 80.9 Å². The van der Waals surface area contributed by atoms with E-state index in [0.717, 1.165) is 43.5 Å². The molecule has 1 heterocycles. The van der Waals surface area contributed by atoms with Gasteiger partial charge in [-0.15, -0.1) is 0 Å². The van der Waals surface area contributed by atoms with Crippen LogP contribution in [-0.2, 0) is 10.3 Å². The molecule has 0 radical (unpaired) electrons. The molecule has 160 valence electrons. The third-order valence-electron chi connectivity index (χ3n) is 7.79. The van der Waals surface area contributed by atoms with Crippen molar-refractivity contribution in [1.29, 1.82) is 0 Å². The SMILES string of the molecule is Cc1ncn(C23C[C@H]4C[C@@H](CC(C(=O)N[C@@H](c5ccc(F)cc5)C(C)C)(C4)C2)C3)n1. The highest BCUT2D eigenvalue weighted by Gasteiger charge is 2.61. The lowest BCUT2D eigenvalue weighted by molar-refractivity contribution is -0.157. The van der Waals surface area contributed by atoms with Gasteiger partial charge in [0.2, 0.25) is 5.91 Å². The Morgan fingerprint density at radius 3 is 2.40 bits per heavy atom. The molecule has 0 saturated heterocycles. The van der Waals surface area contributed by atoms with E-state index in [1.165, 1.54) is 18.6 Å². The number of halogens is 1. The van der Waals surface area contributed by atoms with Gasteiger partial charge in [0, 0.05) is 0 Å². The highest BCUT2D eigenvalue weighted by atomic mass is 19.1. The van der Waals surface area contributed by atoms with E-state index in [0.29, 0.717) is 11.8 Å². The smallest absolute Gasteiger partial charge is 0.226 e. The van der Waals surface area contributed by atoms with Crippen LogP contribution in [0.4, 0.5) is 4.39 Å². The van der Waals surface area contributed by atoms with E-state index in [9.17, 15) is 9.18 Å². The van der Waals surface area contributed by atoms with Crippen LogP contribution in [0.5, 0.6) is 0 Å². The molecule has 6 heteroatoms. The molecule has 1 aromatic heterocycles. The van der Waals surface area contributed by atoms with Crippen molar-refractivity contribution in [1.82, 2.24) is 20.1 Å². The molecule has 6 rings (SSSR count). The van der Waals surface area contributed by atoms with E-state index in [1.807, 2.05) is 13.3 Å². The van der Waals surface area contributed by atoms with Gasteiger partial charge in [-0.25, -0.2) is 14.1 Å². The van der Waals surface area contributed by atoms with E-state index < -0.39 is 0 Å². The molecule has 4 saturated carbocycles. The largest absolute Gasteiger partial charge is 0.349 e. The van der Waals surface area contributed by atoms with Crippen molar-refractivity contribution in [3.63, 3.8) is 0 Å². The van der Waals surface area contributed by atoms with E-state index >= 15 is 0 Å². The van der Waals surface area contributed by atoms with Crippen LogP contribution in [0.25, 0.3) is 0 Å². The molecule has 30 heavy (non-hydrogen) atoms. The number of benzene rings is 1. The van der Waals surface area contributed by atoms with Gasteiger partial charge in [0.15, 0.2) is 0 Å². The van der Waals surface area contributed by atoms with Crippen LogP contribution in [0.2, 0.25) is 0 Å². The fourth-order valence-corrected chi connectivity index (χ4v) is 6.92. The van der Waals surface area contributed by atoms with Gasteiger partial charge >= 0.3 is 0 Å². The Morgan fingerprint density at radius 1 is 1.17 bits per heavy atom. The predicted octanol–water partition coefficient (Wildman–Crippen LogP) is 4.53. The van der Waals surface area contributed by atoms with Gasteiger partial charge in [0.25, 0.3) is 0 Å². The highest BCUT2D eigenvalue weighted by molar-refractivity contribution is 5.83. The van der Waals surface area contributed by atoms with E-state index in [-0.39, 0.29) is 34.6 Å². The van der Waals surface area contributed by atoms with Crippen molar-refractivity contribution in [2.24, 2.45) is 23.2 Å². The number of aromatic nitrogens is 3. The van der Waals surface area contributed by atoms with E-state index in [2.05, 4.69) is 33.9 Å². The molecule has 4 aliphatic carbocycles. The first-order valence-electron chi connectivity index (χ1n) is 11.2. The fraction of sp³-hybridized carbons (Fsp3) is 0.625. The Labute approximate surface area is 177 Å². The lowest BCUT2D eigenvalue weighted by Gasteiger charge is -2.61. The number of nitrogens with zero attached hydrogens (tertiary/aromatic N) is 3. The molecular weight excluding hydrogens is 379 g/mol. The van der Waals surface area contributed by atoms with Crippen molar-refractivity contribution in [2.45, 2.75) is 70.9 Å². The summed E-state index contributed by atoms with van der Waals surface area (Å²) in [5.74, 6) is 2.08. The average molecular weight is 411 g/mol. The normalized spacial score (nSPS) is 33.1. The summed E-state index contributed by atoms with van der Waals surface area (Å²) in [6.07, 6.45) is 8.09. The summed E-state index contributed by atoms with van der Waals surface area (Å²) < 4.78 is 15.5. The Balaban J connectivity index is 1.44. The number of rotatable bonds is 5. The van der Waals surface area contributed by atoms with E-state index in [1.54, 1.807) is 12.1 Å². The van der Waals surface area contributed by atoms with Gasteiger partial charge in [0.1, 0.15) is 18.0 Å². The standard InChI is InChI=1S/C24H31FN4O/c1-15(2)21(19-4-6-20(25)7-5-19)27-22(30)23-9-17-8-18(10-23)12-24(11-17,13-23)29-14-26-16(3)28-29/h4-7,14-15,17-18,21H,8-13H2,1-3H3,(H,27,30)/t17-,18-,21+,23?,24?/m0/s1. The molecule has 3 atom stereocenters. The van der Waals surface area contributed by atoms with Gasteiger partial charge in [-0.3, -0.25) is 4.79 Å². The van der Waals surface area contributed by atoms with Crippen LogP contribution < -0.4 is 5.32 Å². The van der Waals surface area contributed by atoms with Crippen LogP contribution in [0, 0.1) is 35.9 Å². The molecule has 0 unspecified atom stereocenters. The maximum absolute atomic E-state index is 13.8. The molecule has 1 aromatic carbocycles. The first-order chi connectivity index (χ1) is 14.3. The van der Waals surface area contributed by atoms with Crippen LogP contribution in [0.1, 0.15) is 69.8 Å². The molecule has 1 N–H and O–H groups in total. The summed E-state index contributed by atoms with van der Waals surface area (Å²) in [7, 11) is 0. The third kappa shape index (κ3) is 3.15. The minimum atomic E-state index is -0.336. The lowest BCUT2D eigenvalue weighted by atomic mass is 9.46. The molecule has 4 aliphatic rings. The lowest BCUT2D eigenvalue weighted by Crippen LogP contribution is -2.61. The van der Waals surface area contributed by atoms with Crippen molar-refractivity contribution in [3.05, 3.63) is 47.8 Å². The summed E-state index contributed by atoms with van der Waals surface area (Å²) >= 11 is 0. The summed E-state index contributed by atoms with van der Waals surface area (Å²) in [4.78, 5) is 18.2. The summed E-state index contributed by atoms with van der Waals surface area (Å²) in [6.45, 7) is 6.14. The minimum Gasteiger partial charge on any atom is -0.349 e. The summed E-state index contributed by atoms with van der Waals surface area (Å²) in [5, 5.41) is 8.05. The Kier molecular flexibility index (Phi) is 4.53. The zero-order chi connectivity index (χ0) is 21.1. The molecule has 1 amide bonds. The predicted molar refractivity (Wildman–Crippen MR) is 112 cm³/mol. The van der Waals surface area contributed by atoms with Crippen LogP contribution in [0.3, 0.4) is 0 Å². The topological polar surface area (TPSA) is 59.8 Å². The molecule has 4 bridgehead atoms. The first-order valence-corrected chi connectivity index (χ1v) is 11.2. The number of nitrogens with one attached hydrogen (secondary N) is 1. The number of hydrogen-bond donors (Lipinski definition) is 1. The summed E-state index contributed by atoms with van der Waals surface area (Å²) in [6, 6.07) is 6.42. The van der Waals surface area contributed by atoms with Gasteiger partial charge in [0.05, 0.1) is 17.0 Å². The molecule has 2 aromatic rings. The van der Waals surface area contributed by atoms with Gasteiger partial charge in [-0.1, -0.05) is 26.0 Å². The Bertz CT molecular complexity index is 936. The molecule has 0 spiro atoms. The second-order valence-corrected chi connectivity index (χ2v) is 10.4. The van der Waals surface area contributed by atoms with Crippen LogP contribution in [0.15, 0.2) is 30.6 Å². The first kappa shape index (κ1) is 19.7. The highest BCUT2D eigenvalue weighted by Crippen LogP contribution is 2.64. The third-order valence-corrected chi connectivity index (χ3v) is 7.79. The van der Waals surface area contributed by atoms with Crippen molar-refractivity contribution < 1.29 is 9.18 Å². The Morgan fingerprint density at radius 2 is 1.83 bits per heavy atom. The number of carbonyl (C=O) groups excluding carboxylic acids is 1. The second-order valence-electron chi connectivity index (χ2n) is 10.4. The number of amides is 1. The van der Waals surface area contributed by atoms with Crippen LogP contribution in [-0.4, -0.2) is 20.7 Å².